The van der Waals surface area contributed by atoms with Crippen LogP contribution in [0.3, 0.4) is 0 Å². The third-order valence-electron chi connectivity index (χ3n) is 3.98. The summed E-state index contributed by atoms with van der Waals surface area (Å²) in [5, 5.41) is 21.6. The summed E-state index contributed by atoms with van der Waals surface area (Å²) in [6.45, 7) is 5.27. The van der Waals surface area contributed by atoms with Crippen LogP contribution in [0.25, 0.3) is 0 Å². The number of hydrogen-bond donors (Lipinski definition) is 1. The number of hydrogen-bond acceptors (Lipinski definition) is 6. The van der Waals surface area contributed by atoms with Crippen LogP contribution >= 0.6 is 0 Å². The predicted molar refractivity (Wildman–Crippen MR) is 90.5 cm³/mol. The Balaban J connectivity index is 1.60. The first-order chi connectivity index (χ1) is 12.5. The van der Waals surface area contributed by atoms with Crippen molar-refractivity contribution in [3.8, 4) is 0 Å². The number of aromatic nitrogens is 4. The molecule has 0 fully saturated rings. The van der Waals surface area contributed by atoms with Gasteiger partial charge in [-0.1, -0.05) is 0 Å². The van der Waals surface area contributed by atoms with Gasteiger partial charge < -0.3 is 9.73 Å². The van der Waals surface area contributed by atoms with Crippen molar-refractivity contribution in [1.29, 1.82) is 0 Å². The van der Waals surface area contributed by atoms with Gasteiger partial charge in [-0.25, -0.2) is 0 Å². The van der Waals surface area contributed by atoms with Gasteiger partial charge in [0.1, 0.15) is 18.2 Å². The van der Waals surface area contributed by atoms with Gasteiger partial charge in [0.25, 0.3) is 5.91 Å². The molecule has 3 heterocycles. The summed E-state index contributed by atoms with van der Waals surface area (Å²) in [5.41, 5.74) is 1.85. The van der Waals surface area contributed by atoms with Crippen molar-refractivity contribution < 1.29 is 14.1 Å². The molecule has 0 bridgehead atoms. The minimum Gasteiger partial charge on any atom is -0.454 e. The van der Waals surface area contributed by atoms with E-state index in [1.54, 1.807) is 18.3 Å². The summed E-state index contributed by atoms with van der Waals surface area (Å²) in [5.74, 6) is 0.302. The van der Waals surface area contributed by atoms with Crippen molar-refractivity contribution >= 4 is 11.6 Å². The highest BCUT2D eigenvalue weighted by atomic mass is 16.6. The Morgan fingerprint density at radius 3 is 2.81 bits per heavy atom. The molecule has 0 unspecified atom stereocenters. The van der Waals surface area contributed by atoms with Crippen molar-refractivity contribution in [3.63, 3.8) is 0 Å². The van der Waals surface area contributed by atoms with Crippen molar-refractivity contribution in [2.75, 3.05) is 0 Å². The van der Waals surface area contributed by atoms with Gasteiger partial charge in [-0.05, 0) is 26.0 Å². The molecular formula is C16H18N6O4. The maximum atomic E-state index is 12.2. The molecule has 136 valence electrons. The molecule has 26 heavy (non-hydrogen) atoms. The molecule has 10 heteroatoms. The number of nitrogens with zero attached hydrogens (tertiary/aromatic N) is 5. The van der Waals surface area contributed by atoms with Gasteiger partial charge in [-0.15, -0.1) is 0 Å². The molecule has 3 aromatic rings. The van der Waals surface area contributed by atoms with E-state index in [-0.39, 0.29) is 23.9 Å². The lowest BCUT2D eigenvalue weighted by molar-refractivity contribution is -0.385. The van der Waals surface area contributed by atoms with E-state index in [1.165, 1.54) is 10.9 Å². The van der Waals surface area contributed by atoms with Crippen molar-refractivity contribution in [1.82, 2.24) is 24.9 Å². The van der Waals surface area contributed by atoms with Crippen LogP contribution in [0.4, 0.5) is 5.69 Å². The highest BCUT2D eigenvalue weighted by molar-refractivity contribution is 5.91. The van der Waals surface area contributed by atoms with Gasteiger partial charge in [0.2, 0.25) is 0 Å². The molecule has 0 atom stereocenters. The van der Waals surface area contributed by atoms with E-state index in [1.807, 2.05) is 18.5 Å². The fourth-order valence-electron chi connectivity index (χ4n) is 2.52. The Labute approximate surface area is 148 Å². The predicted octanol–water partition coefficient (Wildman–Crippen LogP) is 1.89. The number of carbonyl (C=O) groups excluding carboxylic acids is 1. The summed E-state index contributed by atoms with van der Waals surface area (Å²) in [4.78, 5) is 22.4. The highest BCUT2D eigenvalue weighted by Crippen LogP contribution is 2.13. The number of amides is 1. The molecule has 0 aliphatic carbocycles. The molecule has 3 rings (SSSR count). The standard InChI is InChI=1S/C16H18N6O4/c1-3-21-11(2)12(7-19-21)6-17-16(23)15-5-4-14(26-15)10-20-9-13(8-18-20)22(24)25/h4-5,7-9H,3,6,10H2,1-2H3,(H,17,23). The third-order valence-corrected chi connectivity index (χ3v) is 3.98. The Kier molecular flexibility index (Phi) is 4.83. The van der Waals surface area contributed by atoms with Crippen LogP contribution < -0.4 is 5.32 Å². The van der Waals surface area contributed by atoms with Crippen molar-refractivity contribution in [2.45, 2.75) is 33.5 Å². The number of rotatable bonds is 7. The average molecular weight is 358 g/mol. The second-order valence-electron chi connectivity index (χ2n) is 5.67. The van der Waals surface area contributed by atoms with Crippen LogP contribution in [0.15, 0.2) is 35.1 Å². The minimum absolute atomic E-state index is 0.0995. The zero-order chi connectivity index (χ0) is 18.7. The number of furan rings is 1. The smallest absolute Gasteiger partial charge is 0.307 e. The lowest BCUT2D eigenvalue weighted by Crippen LogP contribution is -2.22. The lowest BCUT2D eigenvalue weighted by atomic mass is 10.2. The molecule has 0 aliphatic rings. The van der Waals surface area contributed by atoms with E-state index in [2.05, 4.69) is 15.5 Å². The fraction of sp³-hybridized carbons (Fsp3) is 0.312. The first-order valence-corrected chi connectivity index (χ1v) is 8.03. The van der Waals surface area contributed by atoms with Crippen LogP contribution in [-0.2, 0) is 19.6 Å². The molecule has 0 radical (unpaired) electrons. The maximum absolute atomic E-state index is 12.2. The number of carbonyl (C=O) groups is 1. The first-order valence-electron chi connectivity index (χ1n) is 8.03. The van der Waals surface area contributed by atoms with Crippen LogP contribution in [0.5, 0.6) is 0 Å². The summed E-state index contributed by atoms with van der Waals surface area (Å²) >= 11 is 0. The van der Waals surface area contributed by atoms with Crippen LogP contribution in [0.2, 0.25) is 0 Å². The normalized spacial score (nSPS) is 10.8. The maximum Gasteiger partial charge on any atom is 0.307 e. The SMILES string of the molecule is CCn1ncc(CNC(=O)c2ccc(Cn3cc([N+](=O)[O-])cn3)o2)c1C. The Bertz CT molecular complexity index is 938. The largest absolute Gasteiger partial charge is 0.454 e. The zero-order valence-corrected chi connectivity index (χ0v) is 14.4. The van der Waals surface area contributed by atoms with Gasteiger partial charge in [-0.3, -0.25) is 24.3 Å². The molecular weight excluding hydrogens is 340 g/mol. The first kappa shape index (κ1) is 17.4. The number of nitrogens with one attached hydrogen (secondary N) is 1. The molecule has 10 nitrogen and oxygen atoms in total. The fourth-order valence-corrected chi connectivity index (χ4v) is 2.52. The molecule has 0 aliphatic heterocycles. The van der Waals surface area contributed by atoms with E-state index in [4.69, 9.17) is 4.42 Å². The quantitative estimate of drug-likeness (QED) is 0.508. The molecule has 0 spiro atoms. The zero-order valence-electron chi connectivity index (χ0n) is 14.4. The summed E-state index contributed by atoms with van der Waals surface area (Å²) in [7, 11) is 0. The molecule has 0 saturated carbocycles. The summed E-state index contributed by atoms with van der Waals surface area (Å²) in [6.07, 6.45) is 4.20. The second kappa shape index (κ2) is 7.21. The van der Waals surface area contributed by atoms with Crippen molar-refractivity contribution in [2.24, 2.45) is 0 Å². The van der Waals surface area contributed by atoms with E-state index in [0.29, 0.717) is 12.3 Å². The van der Waals surface area contributed by atoms with Crippen LogP contribution in [-0.4, -0.2) is 30.4 Å². The third kappa shape index (κ3) is 3.63. The Morgan fingerprint density at radius 1 is 1.35 bits per heavy atom. The molecule has 0 saturated heterocycles. The molecule has 0 aromatic carbocycles. The van der Waals surface area contributed by atoms with Gasteiger partial charge >= 0.3 is 5.69 Å². The molecule has 3 aromatic heterocycles. The van der Waals surface area contributed by atoms with E-state index in [0.717, 1.165) is 24.0 Å². The van der Waals surface area contributed by atoms with Crippen molar-refractivity contribution in [3.05, 3.63) is 63.6 Å². The molecule has 1 N–H and O–H groups in total. The number of nitro groups is 1. The summed E-state index contributed by atoms with van der Waals surface area (Å²) in [6, 6.07) is 3.20. The van der Waals surface area contributed by atoms with Crippen LogP contribution in [0, 0.1) is 17.0 Å². The summed E-state index contributed by atoms with van der Waals surface area (Å²) < 4.78 is 8.73. The molecule has 1 amide bonds. The van der Waals surface area contributed by atoms with Gasteiger partial charge in [-0.2, -0.15) is 10.2 Å². The Hall–Kier alpha value is -3.43. The topological polar surface area (TPSA) is 121 Å². The minimum atomic E-state index is -0.521. The van der Waals surface area contributed by atoms with Gasteiger partial charge in [0.05, 0.1) is 17.7 Å². The highest BCUT2D eigenvalue weighted by Gasteiger charge is 2.14. The Morgan fingerprint density at radius 2 is 2.15 bits per heavy atom. The second-order valence-corrected chi connectivity index (χ2v) is 5.67. The van der Waals surface area contributed by atoms with E-state index in [9.17, 15) is 14.9 Å². The van der Waals surface area contributed by atoms with E-state index < -0.39 is 4.92 Å². The number of aryl methyl sites for hydroxylation is 1. The average Bonchev–Trinajstić information content (AvgIpc) is 3.33. The monoisotopic (exact) mass is 358 g/mol. The van der Waals surface area contributed by atoms with Gasteiger partial charge in [0.15, 0.2) is 5.76 Å². The van der Waals surface area contributed by atoms with Crippen LogP contribution in [0.1, 0.15) is 34.5 Å². The van der Waals surface area contributed by atoms with Gasteiger partial charge in [0, 0.05) is 24.3 Å². The lowest BCUT2D eigenvalue weighted by Gasteiger charge is -2.04. The van der Waals surface area contributed by atoms with E-state index >= 15 is 0 Å².